The summed E-state index contributed by atoms with van der Waals surface area (Å²) in [4.78, 5) is 0. The number of aliphatic hydroxyl groups excluding tert-OH is 1. The van der Waals surface area contributed by atoms with E-state index in [1.807, 2.05) is 25.1 Å². The fraction of sp³-hybridized carbons (Fsp3) is 0.308. The standard InChI is InChI=1S/C13H16N2O3/c1-9-10(8-16)7-14-15(9)12-6-11(17-2)4-5-13(12)18-3/h4-7,16H,8H2,1-3H3. The van der Waals surface area contributed by atoms with Gasteiger partial charge >= 0.3 is 0 Å². The molecule has 1 aromatic carbocycles. The van der Waals surface area contributed by atoms with Gasteiger partial charge in [0.05, 0.1) is 27.0 Å². The van der Waals surface area contributed by atoms with Crippen LogP contribution in [0.1, 0.15) is 11.3 Å². The van der Waals surface area contributed by atoms with Crippen LogP contribution in [0.15, 0.2) is 24.4 Å². The Balaban J connectivity index is 2.57. The monoisotopic (exact) mass is 248 g/mol. The largest absolute Gasteiger partial charge is 0.497 e. The van der Waals surface area contributed by atoms with Crippen LogP contribution in [0.4, 0.5) is 0 Å². The summed E-state index contributed by atoms with van der Waals surface area (Å²) in [5.41, 5.74) is 2.46. The summed E-state index contributed by atoms with van der Waals surface area (Å²) in [6.07, 6.45) is 1.65. The van der Waals surface area contributed by atoms with Crippen molar-refractivity contribution in [2.75, 3.05) is 14.2 Å². The van der Waals surface area contributed by atoms with E-state index in [1.165, 1.54) is 0 Å². The van der Waals surface area contributed by atoms with Crippen LogP contribution in [0.3, 0.4) is 0 Å². The molecule has 5 heteroatoms. The lowest BCUT2D eigenvalue weighted by atomic mass is 10.2. The van der Waals surface area contributed by atoms with Gasteiger partial charge in [-0.05, 0) is 19.1 Å². The summed E-state index contributed by atoms with van der Waals surface area (Å²) in [5, 5.41) is 13.5. The Hall–Kier alpha value is -2.01. The molecule has 1 heterocycles. The van der Waals surface area contributed by atoms with Crippen LogP contribution in [-0.4, -0.2) is 29.1 Å². The molecular formula is C13H16N2O3. The Labute approximate surface area is 106 Å². The van der Waals surface area contributed by atoms with E-state index < -0.39 is 0 Å². The lowest BCUT2D eigenvalue weighted by Crippen LogP contribution is -2.03. The van der Waals surface area contributed by atoms with Gasteiger partial charge in [-0.15, -0.1) is 0 Å². The molecule has 0 bridgehead atoms. The van der Waals surface area contributed by atoms with E-state index >= 15 is 0 Å². The van der Waals surface area contributed by atoms with Crippen molar-refractivity contribution in [2.24, 2.45) is 0 Å². The second kappa shape index (κ2) is 5.10. The first-order valence-electron chi connectivity index (χ1n) is 5.58. The average Bonchev–Trinajstić information content (AvgIpc) is 2.78. The van der Waals surface area contributed by atoms with Crippen molar-refractivity contribution in [1.29, 1.82) is 0 Å². The molecule has 0 aliphatic heterocycles. The second-order valence-electron chi connectivity index (χ2n) is 3.86. The highest BCUT2D eigenvalue weighted by atomic mass is 16.5. The maximum atomic E-state index is 9.20. The molecule has 96 valence electrons. The zero-order chi connectivity index (χ0) is 13.1. The molecule has 18 heavy (non-hydrogen) atoms. The van der Waals surface area contributed by atoms with Crippen LogP contribution >= 0.6 is 0 Å². The zero-order valence-electron chi connectivity index (χ0n) is 10.7. The smallest absolute Gasteiger partial charge is 0.144 e. The predicted octanol–water partition coefficient (Wildman–Crippen LogP) is 1.69. The fourth-order valence-corrected chi connectivity index (χ4v) is 1.80. The van der Waals surface area contributed by atoms with Crippen LogP contribution in [-0.2, 0) is 6.61 Å². The van der Waals surface area contributed by atoms with Gasteiger partial charge in [-0.25, -0.2) is 4.68 Å². The predicted molar refractivity (Wildman–Crippen MR) is 67.3 cm³/mol. The van der Waals surface area contributed by atoms with Gasteiger partial charge in [0, 0.05) is 17.3 Å². The summed E-state index contributed by atoms with van der Waals surface area (Å²) in [7, 11) is 3.22. The number of hydrogen-bond acceptors (Lipinski definition) is 4. The molecule has 2 aromatic rings. The van der Waals surface area contributed by atoms with E-state index in [-0.39, 0.29) is 6.61 Å². The number of hydrogen-bond donors (Lipinski definition) is 1. The van der Waals surface area contributed by atoms with E-state index in [4.69, 9.17) is 9.47 Å². The molecule has 0 unspecified atom stereocenters. The topological polar surface area (TPSA) is 56.5 Å². The molecule has 2 rings (SSSR count). The van der Waals surface area contributed by atoms with Crippen molar-refractivity contribution >= 4 is 0 Å². The Bertz CT molecular complexity index is 549. The Morgan fingerprint density at radius 2 is 2.06 bits per heavy atom. The highest BCUT2D eigenvalue weighted by Gasteiger charge is 2.12. The minimum absolute atomic E-state index is 0.0296. The summed E-state index contributed by atoms with van der Waals surface area (Å²) in [6.45, 7) is 1.87. The number of methoxy groups -OCH3 is 2. The van der Waals surface area contributed by atoms with Crippen molar-refractivity contribution in [1.82, 2.24) is 9.78 Å². The van der Waals surface area contributed by atoms with Crippen LogP contribution in [0, 0.1) is 6.92 Å². The quantitative estimate of drug-likeness (QED) is 0.894. The van der Waals surface area contributed by atoms with E-state index in [0.717, 1.165) is 22.7 Å². The van der Waals surface area contributed by atoms with Gasteiger partial charge in [-0.3, -0.25) is 0 Å². The molecule has 1 N–H and O–H groups in total. The highest BCUT2D eigenvalue weighted by Crippen LogP contribution is 2.28. The average molecular weight is 248 g/mol. The van der Waals surface area contributed by atoms with Gasteiger partial charge in [0.15, 0.2) is 0 Å². The van der Waals surface area contributed by atoms with Crippen molar-refractivity contribution in [3.63, 3.8) is 0 Å². The third-order valence-electron chi connectivity index (χ3n) is 2.90. The molecule has 0 saturated carbocycles. The third kappa shape index (κ3) is 2.04. The first kappa shape index (κ1) is 12.4. The maximum Gasteiger partial charge on any atom is 0.144 e. The zero-order valence-corrected chi connectivity index (χ0v) is 10.7. The third-order valence-corrected chi connectivity index (χ3v) is 2.90. The lowest BCUT2D eigenvalue weighted by molar-refractivity contribution is 0.281. The van der Waals surface area contributed by atoms with Gasteiger partial charge in [0.1, 0.15) is 17.2 Å². The number of aromatic nitrogens is 2. The van der Waals surface area contributed by atoms with E-state index in [2.05, 4.69) is 5.10 Å². The van der Waals surface area contributed by atoms with Gasteiger partial charge in [-0.1, -0.05) is 0 Å². The van der Waals surface area contributed by atoms with Crippen LogP contribution in [0.25, 0.3) is 5.69 Å². The molecule has 0 aliphatic rings. The molecule has 1 aromatic heterocycles. The summed E-state index contributed by atoms with van der Waals surface area (Å²) in [5.74, 6) is 1.43. The normalized spacial score (nSPS) is 10.4. The van der Waals surface area contributed by atoms with Gasteiger partial charge in [0.2, 0.25) is 0 Å². The van der Waals surface area contributed by atoms with E-state index in [0.29, 0.717) is 5.75 Å². The summed E-state index contributed by atoms with van der Waals surface area (Å²) in [6, 6.07) is 5.50. The fourth-order valence-electron chi connectivity index (χ4n) is 1.80. The molecule has 0 spiro atoms. The van der Waals surface area contributed by atoms with E-state index in [1.54, 1.807) is 25.1 Å². The first-order valence-corrected chi connectivity index (χ1v) is 5.58. The molecular weight excluding hydrogens is 232 g/mol. The minimum Gasteiger partial charge on any atom is -0.497 e. The molecule has 0 fully saturated rings. The van der Waals surface area contributed by atoms with Crippen LogP contribution in [0.2, 0.25) is 0 Å². The molecule has 5 nitrogen and oxygen atoms in total. The lowest BCUT2D eigenvalue weighted by Gasteiger charge is -2.12. The number of aliphatic hydroxyl groups is 1. The molecule has 0 radical (unpaired) electrons. The number of benzene rings is 1. The minimum atomic E-state index is -0.0296. The van der Waals surface area contributed by atoms with Gasteiger partial charge in [0.25, 0.3) is 0 Å². The van der Waals surface area contributed by atoms with E-state index in [9.17, 15) is 5.11 Å². The van der Waals surface area contributed by atoms with Crippen molar-refractivity contribution in [2.45, 2.75) is 13.5 Å². The Morgan fingerprint density at radius 3 is 2.61 bits per heavy atom. The van der Waals surface area contributed by atoms with Crippen LogP contribution < -0.4 is 9.47 Å². The molecule has 0 amide bonds. The second-order valence-corrected chi connectivity index (χ2v) is 3.86. The van der Waals surface area contributed by atoms with Gasteiger partial charge < -0.3 is 14.6 Å². The Kier molecular flexibility index (Phi) is 3.53. The molecule has 0 atom stereocenters. The number of ether oxygens (including phenoxy) is 2. The number of rotatable bonds is 4. The first-order chi connectivity index (χ1) is 8.71. The number of nitrogens with zero attached hydrogens (tertiary/aromatic N) is 2. The molecule has 0 saturated heterocycles. The van der Waals surface area contributed by atoms with Crippen molar-refractivity contribution in [3.8, 4) is 17.2 Å². The highest BCUT2D eigenvalue weighted by molar-refractivity contribution is 5.51. The molecule has 0 aliphatic carbocycles. The van der Waals surface area contributed by atoms with Crippen molar-refractivity contribution < 1.29 is 14.6 Å². The van der Waals surface area contributed by atoms with Crippen molar-refractivity contribution in [3.05, 3.63) is 35.7 Å². The summed E-state index contributed by atoms with van der Waals surface area (Å²) < 4.78 is 12.3. The Morgan fingerprint density at radius 1 is 1.28 bits per heavy atom. The summed E-state index contributed by atoms with van der Waals surface area (Å²) >= 11 is 0. The maximum absolute atomic E-state index is 9.20. The van der Waals surface area contributed by atoms with Gasteiger partial charge in [-0.2, -0.15) is 5.10 Å². The SMILES string of the molecule is COc1ccc(OC)c(-n2ncc(CO)c2C)c1. The van der Waals surface area contributed by atoms with Crippen LogP contribution in [0.5, 0.6) is 11.5 Å².